The smallest absolute Gasteiger partial charge is 0.306 e. The molecule has 0 bridgehead atoms. The van der Waals surface area contributed by atoms with Gasteiger partial charge in [0.2, 0.25) is 0 Å². The molecule has 1 unspecified atom stereocenters. The minimum atomic E-state index is -0.788. The standard InChI is InChI=1S/C77H132O6/c1-4-7-10-13-16-19-22-25-28-30-31-32-33-34-35-36-37-38-39-40-41-42-43-44-45-47-49-52-55-58-61-64-67-70-76(79)82-73-74(72-81-75(78)69-66-63-60-57-54-51-48-27-24-21-18-15-12-9-6-3)83-77(80)71-68-65-62-59-56-53-50-46-29-26-23-20-17-14-11-8-5-2/h7,10,16,18-19,21,25-29,31-32,34-35,37-38,48,74H,4-6,8-9,11-15,17,20,22-24,30,33,36,39-47,49-73H2,1-3H3/b10-7-,19-16-,21-18-,28-25-,29-26-,32-31-,35-34-,38-37-,48-27-. The van der Waals surface area contributed by atoms with E-state index >= 15 is 0 Å². The molecule has 0 aromatic carbocycles. The van der Waals surface area contributed by atoms with Crippen molar-refractivity contribution in [3.8, 4) is 0 Å². The molecule has 6 nitrogen and oxygen atoms in total. The summed E-state index contributed by atoms with van der Waals surface area (Å²) in [6.07, 6.45) is 96.8. The molecular formula is C77H132O6. The molecule has 0 amide bonds. The van der Waals surface area contributed by atoms with Crippen molar-refractivity contribution in [1.82, 2.24) is 0 Å². The maximum Gasteiger partial charge on any atom is 0.306 e. The van der Waals surface area contributed by atoms with E-state index in [1.807, 2.05) is 0 Å². The van der Waals surface area contributed by atoms with Crippen molar-refractivity contribution in [3.63, 3.8) is 0 Å². The van der Waals surface area contributed by atoms with Crippen LogP contribution in [-0.2, 0) is 28.6 Å². The van der Waals surface area contributed by atoms with E-state index in [2.05, 4.69) is 130 Å². The molecule has 0 spiro atoms. The van der Waals surface area contributed by atoms with Crippen LogP contribution in [0.2, 0.25) is 0 Å². The number of carbonyl (C=O) groups excluding carboxylic acids is 3. The molecule has 0 aromatic heterocycles. The Hall–Kier alpha value is -3.93. The third-order valence-electron chi connectivity index (χ3n) is 15.2. The molecular weight excluding hydrogens is 1020 g/mol. The first-order valence-corrected chi connectivity index (χ1v) is 35.4. The van der Waals surface area contributed by atoms with Crippen molar-refractivity contribution < 1.29 is 28.6 Å². The van der Waals surface area contributed by atoms with Crippen LogP contribution in [0.15, 0.2) is 109 Å². The molecule has 6 heteroatoms. The van der Waals surface area contributed by atoms with Crippen LogP contribution in [0.25, 0.3) is 0 Å². The average molecular weight is 1150 g/mol. The van der Waals surface area contributed by atoms with Gasteiger partial charge in [-0.3, -0.25) is 14.4 Å². The lowest BCUT2D eigenvalue weighted by Crippen LogP contribution is -2.30. The summed E-state index contributed by atoms with van der Waals surface area (Å²) in [5, 5.41) is 0. The van der Waals surface area contributed by atoms with Crippen LogP contribution >= 0.6 is 0 Å². The number of hydrogen-bond donors (Lipinski definition) is 0. The van der Waals surface area contributed by atoms with Crippen LogP contribution in [0.3, 0.4) is 0 Å². The van der Waals surface area contributed by atoms with Crippen molar-refractivity contribution in [1.29, 1.82) is 0 Å². The van der Waals surface area contributed by atoms with Gasteiger partial charge in [0.15, 0.2) is 6.10 Å². The van der Waals surface area contributed by atoms with Crippen molar-refractivity contribution in [2.24, 2.45) is 0 Å². The Morgan fingerprint density at radius 3 is 0.771 bits per heavy atom. The summed E-state index contributed by atoms with van der Waals surface area (Å²) in [6.45, 7) is 6.51. The van der Waals surface area contributed by atoms with Gasteiger partial charge in [-0.1, -0.05) is 304 Å². The summed E-state index contributed by atoms with van der Waals surface area (Å²) in [6, 6.07) is 0. The van der Waals surface area contributed by atoms with Gasteiger partial charge in [0, 0.05) is 19.3 Å². The maximum atomic E-state index is 12.9. The first-order valence-electron chi connectivity index (χ1n) is 35.4. The normalized spacial score (nSPS) is 12.8. The zero-order chi connectivity index (χ0) is 59.9. The second-order valence-corrected chi connectivity index (χ2v) is 23.4. The van der Waals surface area contributed by atoms with Crippen LogP contribution in [-0.4, -0.2) is 37.2 Å². The van der Waals surface area contributed by atoms with Crippen molar-refractivity contribution in [2.75, 3.05) is 13.2 Å². The monoisotopic (exact) mass is 1150 g/mol. The molecule has 0 fully saturated rings. The molecule has 0 aromatic rings. The van der Waals surface area contributed by atoms with E-state index in [0.29, 0.717) is 19.3 Å². The predicted molar refractivity (Wildman–Crippen MR) is 362 cm³/mol. The lowest BCUT2D eigenvalue weighted by atomic mass is 10.0. The average Bonchev–Trinajstić information content (AvgIpc) is 3.49. The largest absolute Gasteiger partial charge is 0.462 e. The molecule has 0 saturated heterocycles. The Bertz CT molecular complexity index is 1660. The topological polar surface area (TPSA) is 78.9 Å². The van der Waals surface area contributed by atoms with E-state index in [4.69, 9.17) is 14.2 Å². The molecule has 0 aliphatic rings. The molecule has 1 atom stereocenters. The number of carbonyl (C=O) groups is 3. The number of esters is 3. The highest BCUT2D eigenvalue weighted by atomic mass is 16.6. The van der Waals surface area contributed by atoms with E-state index in [9.17, 15) is 14.4 Å². The number of hydrogen-bond acceptors (Lipinski definition) is 6. The zero-order valence-corrected chi connectivity index (χ0v) is 54.7. The van der Waals surface area contributed by atoms with Gasteiger partial charge in [-0.2, -0.15) is 0 Å². The number of unbranched alkanes of at least 4 members (excludes halogenated alkanes) is 35. The number of allylic oxidation sites excluding steroid dienone is 18. The molecule has 0 radical (unpaired) electrons. The summed E-state index contributed by atoms with van der Waals surface area (Å²) >= 11 is 0. The van der Waals surface area contributed by atoms with Gasteiger partial charge in [-0.25, -0.2) is 0 Å². The van der Waals surface area contributed by atoms with Gasteiger partial charge in [-0.15, -0.1) is 0 Å². The lowest BCUT2D eigenvalue weighted by molar-refractivity contribution is -0.167. The summed E-state index contributed by atoms with van der Waals surface area (Å²) in [4.78, 5) is 38.4. The van der Waals surface area contributed by atoms with Gasteiger partial charge < -0.3 is 14.2 Å². The zero-order valence-electron chi connectivity index (χ0n) is 54.7. The Labute approximate surface area is 514 Å². The molecule has 83 heavy (non-hydrogen) atoms. The second-order valence-electron chi connectivity index (χ2n) is 23.4. The van der Waals surface area contributed by atoms with Gasteiger partial charge >= 0.3 is 17.9 Å². The Morgan fingerprint density at radius 1 is 0.253 bits per heavy atom. The fraction of sp³-hybridized carbons (Fsp3) is 0.727. The SMILES string of the molecule is CC/C=C\C/C=C\C/C=C\C/C=C\C/C=C\C/C=C\CCCCCCCCCCCCCCCCC(=O)OCC(COC(=O)CCCCCCC/C=C\C/C=C\CCCCC)OC(=O)CCCCCCCCC/C=C\CCCCCCCC. The second kappa shape index (κ2) is 70.6. The van der Waals surface area contributed by atoms with E-state index in [-0.39, 0.29) is 31.1 Å². The minimum absolute atomic E-state index is 0.0825. The van der Waals surface area contributed by atoms with Crippen LogP contribution in [0.4, 0.5) is 0 Å². The van der Waals surface area contributed by atoms with Crippen molar-refractivity contribution >= 4 is 17.9 Å². The predicted octanol–water partition coefficient (Wildman–Crippen LogP) is 24.6. The highest BCUT2D eigenvalue weighted by Crippen LogP contribution is 2.17. The van der Waals surface area contributed by atoms with Crippen LogP contribution in [0, 0.1) is 0 Å². The third kappa shape index (κ3) is 68.7. The van der Waals surface area contributed by atoms with Crippen molar-refractivity contribution in [3.05, 3.63) is 109 Å². The van der Waals surface area contributed by atoms with E-state index in [1.54, 1.807) is 0 Å². The van der Waals surface area contributed by atoms with Gasteiger partial charge in [-0.05, 0) is 128 Å². The fourth-order valence-corrected chi connectivity index (χ4v) is 9.94. The van der Waals surface area contributed by atoms with Crippen LogP contribution in [0.5, 0.6) is 0 Å². The quantitative estimate of drug-likeness (QED) is 0.0261. The first kappa shape index (κ1) is 79.1. The number of rotatable bonds is 64. The Morgan fingerprint density at radius 2 is 0.470 bits per heavy atom. The summed E-state index contributed by atoms with van der Waals surface area (Å²) in [5.41, 5.74) is 0. The molecule has 0 saturated carbocycles. The summed E-state index contributed by atoms with van der Waals surface area (Å²) in [5.74, 6) is -0.888. The maximum absolute atomic E-state index is 12.9. The molecule has 0 N–H and O–H groups in total. The van der Waals surface area contributed by atoms with Gasteiger partial charge in [0.05, 0.1) is 0 Å². The van der Waals surface area contributed by atoms with Crippen LogP contribution in [0.1, 0.15) is 342 Å². The highest BCUT2D eigenvalue weighted by molar-refractivity contribution is 5.71. The minimum Gasteiger partial charge on any atom is -0.462 e. The lowest BCUT2D eigenvalue weighted by Gasteiger charge is -2.18. The molecule has 0 aliphatic heterocycles. The summed E-state index contributed by atoms with van der Waals surface area (Å²) in [7, 11) is 0. The Kier molecular flexibility index (Phi) is 67.2. The van der Waals surface area contributed by atoms with E-state index in [1.165, 1.54) is 186 Å². The molecule has 0 aliphatic carbocycles. The van der Waals surface area contributed by atoms with E-state index in [0.717, 1.165) is 116 Å². The van der Waals surface area contributed by atoms with Crippen LogP contribution < -0.4 is 0 Å². The summed E-state index contributed by atoms with van der Waals surface area (Å²) < 4.78 is 17.0. The first-order chi connectivity index (χ1) is 41.0. The van der Waals surface area contributed by atoms with Gasteiger partial charge in [0.25, 0.3) is 0 Å². The van der Waals surface area contributed by atoms with E-state index < -0.39 is 6.10 Å². The van der Waals surface area contributed by atoms with Crippen molar-refractivity contribution in [2.45, 2.75) is 348 Å². The molecule has 476 valence electrons. The number of ether oxygens (including phenoxy) is 3. The molecule has 0 rings (SSSR count). The Balaban J connectivity index is 4.24. The fourth-order valence-electron chi connectivity index (χ4n) is 9.94. The third-order valence-corrected chi connectivity index (χ3v) is 15.2. The van der Waals surface area contributed by atoms with Gasteiger partial charge in [0.1, 0.15) is 13.2 Å². The molecule has 0 heterocycles. The highest BCUT2D eigenvalue weighted by Gasteiger charge is 2.19.